The Balaban J connectivity index is 2.06. The Hall–Kier alpha value is 0.140. The first-order chi connectivity index (χ1) is 8.14. The summed E-state index contributed by atoms with van der Waals surface area (Å²) in [4.78, 5) is 1.50. The second kappa shape index (κ2) is 5.85. The van der Waals surface area contributed by atoms with Crippen molar-refractivity contribution in [3.63, 3.8) is 0 Å². The van der Waals surface area contributed by atoms with Gasteiger partial charge in [-0.2, -0.15) is 0 Å². The van der Waals surface area contributed by atoms with Crippen molar-refractivity contribution >= 4 is 27.3 Å². The van der Waals surface area contributed by atoms with Gasteiger partial charge >= 0.3 is 0 Å². The highest BCUT2D eigenvalue weighted by Crippen LogP contribution is 2.42. The molecule has 0 radical (unpaired) electrons. The Bertz CT molecular complexity index is 355. The number of hydrogen-bond donors (Lipinski definition) is 1. The van der Waals surface area contributed by atoms with Gasteiger partial charge in [0, 0.05) is 10.9 Å². The van der Waals surface area contributed by atoms with E-state index < -0.39 is 0 Å². The second-order valence-corrected chi connectivity index (χ2v) is 7.93. The molecule has 0 spiro atoms. The van der Waals surface area contributed by atoms with E-state index in [2.05, 4.69) is 47.2 Å². The number of hydrogen-bond acceptors (Lipinski definition) is 2. The van der Waals surface area contributed by atoms with Crippen molar-refractivity contribution in [1.29, 1.82) is 0 Å². The van der Waals surface area contributed by atoms with Crippen LogP contribution in [0.15, 0.2) is 15.9 Å². The summed E-state index contributed by atoms with van der Waals surface area (Å²) in [5.41, 5.74) is 0.506. The molecule has 1 atom stereocenters. The molecular weight excluding hydrogens is 294 g/mol. The molecule has 17 heavy (non-hydrogen) atoms. The molecule has 1 heterocycles. The first-order valence-corrected chi connectivity index (χ1v) is 8.22. The number of nitrogens with one attached hydrogen (secondary N) is 1. The smallest absolute Gasteiger partial charge is 0.0701 e. The van der Waals surface area contributed by atoms with E-state index in [0.717, 1.165) is 6.54 Å². The van der Waals surface area contributed by atoms with Gasteiger partial charge in [-0.25, -0.2) is 0 Å². The molecule has 1 aliphatic rings. The molecule has 1 unspecified atom stereocenters. The van der Waals surface area contributed by atoms with Crippen molar-refractivity contribution in [3.8, 4) is 0 Å². The zero-order valence-electron chi connectivity index (χ0n) is 10.8. The summed E-state index contributed by atoms with van der Waals surface area (Å²) in [6, 6.07) is 5.07. The van der Waals surface area contributed by atoms with Crippen LogP contribution in [0.3, 0.4) is 0 Å². The zero-order valence-corrected chi connectivity index (χ0v) is 13.2. The molecule has 0 aromatic carbocycles. The lowest BCUT2D eigenvalue weighted by Crippen LogP contribution is -2.43. The van der Waals surface area contributed by atoms with E-state index in [1.54, 1.807) is 0 Å². The van der Waals surface area contributed by atoms with Gasteiger partial charge in [-0.05, 0) is 59.3 Å². The Morgan fingerprint density at radius 2 is 2.12 bits per heavy atom. The average Bonchev–Trinajstić information content (AvgIpc) is 2.88. The standard InChI is InChI=1S/C14H22BrNS/c1-3-16-12(14(2)8-4-5-9-14)10-11-6-7-13(15)17-11/h6-7,12,16H,3-5,8-10H2,1-2H3. The fourth-order valence-electron chi connectivity index (χ4n) is 3.01. The molecule has 3 heteroatoms. The van der Waals surface area contributed by atoms with Crippen LogP contribution < -0.4 is 5.32 Å². The van der Waals surface area contributed by atoms with E-state index in [0.29, 0.717) is 11.5 Å². The van der Waals surface area contributed by atoms with E-state index in [4.69, 9.17) is 0 Å². The van der Waals surface area contributed by atoms with E-state index >= 15 is 0 Å². The summed E-state index contributed by atoms with van der Waals surface area (Å²) in [5.74, 6) is 0. The summed E-state index contributed by atoms with van der Waals surface area (Å²) in [5, 5.41) is 3.71. The second-order valence-electron chi connectivity index (χ2n) is 5.38. The average molecular weight is 316 g/mol. The van der Waals surface area contributed by atoms with Crippen molar-refractivity contribution in [2.45, 2.75) is 52.0 Å². The van der Waals surface area contributed by atoms with Crippen LogP contribution in [0.5, 0.6) is 0 Å². The molecule has 1 saturated carbocycles. The highest BCUT2D eigenvalue weighted by atomic mass is 79.9. The molecule has 0 saturated heterocycles. The molecule has 1 aliphatic carbocycles. The van der Waals surface area contributed by atoms with Crippen LogP contribution in [0.2, 0.25) is 0 Å². The normalized spacial score (nSPS) is 20.6. The molecule has 1 aromatic heterocycles. The lowest BCUT2D eigenvalue weighted by Gasteiger charge is -2.34. The van der Waals surface area contributed by atoms with Gasteiger partial charge in [-0.3, -0.25) is 0 Å². The van der Waals surface area contributed by atoms with E-state index in [9.17, 15) is 0 Å². The van der Waals surface area contributed by atoms with Crippen molar-refractivity contribution in [1.82, 2.24) is 5.32 Å². The number of rotatable bonds is 5. The highest BCUT2D eigenvalue weighted by molar-refractivity contribution is 9.11. The SMILES string of the molecule is CCNC(Cc1ccc(Br)s1)C1(C)CCCC1. The Kier molecular flexibility index (Phi) is 4.67. The molecule has 1 N–H and O–H groups in total. The number of thiophene rings is 1. The molecule has 96 valence electrons. The highest BCUT2D eigenvalue weighted by Gasteiger charge is 2.36. The maximum atomic E-state index is 3.71. The minimum absolute atomic E-state index is 0.506. The summed E-state index contributed by atoms with van der Waals surface area (Å²) in [6.07, 6.45) is 6.77. The molecule has 0 aliphatic heterocycles. The predicted molar refractivity (Wildman–Crippen MR) is 79.8 cm³/mol. The van der Waals surface area contributed by atoms with Gasteiger partial charge in [0.15, 0.2) is 0 Å². The molecule has 0 amide bonds. The minimum Gasteiger partial charge on any atom is -0.313 e. The third kappa shape index (κ3) is 3.33. The van der Waals surface area contributed by atoms with Crippen LogP contribution in [0, 0.1) is 5.41 Å². The summed E-state index contributed by atoms with van der Waals surface area (Å²) in [6.45, 7) is 5.76. The van der Waals surface area contributed by atoms with Gasteiger partial charge in [0.05, 0.1) is 3.79 Å². The lowest BCUT2D eigenvalue weighted by atomic mass is 9.79. The fraction of sp³-hybridized carbons (Fsp3) is 0.714. The predicted octanol–water partition coefficient (Wildman–Crippen LogP) is 4.61. The van der Waals surface area contributed by atoms with Crippen LogP contribution in [-0.4, -0.2) is 12.6 Å². The Morgan fingerprint density at radius 1 is 1.41 bits per heavy atom. The minimum atomic E-state index is 0.506. The molecule has 0 bridgehead atoms. The lowest BCUT2D eigenvalue weighted by molar-refractivity contribution is 0.223. The largest absolute Gasteiger partial charge is 0.313 e. The molecule has 1 fully saturated rings. The Labute approximate surface area is 117 Å². The fourth-order valence-corrected chi connectivity index (χ4v) is 4.53. The first kappa shape index (κ1) is 13.6. The monoisotopic (exact) mass is 315 g/mol. The third-order valence-electron chi connectivity index (χ3n) is 4.07. The van der Waals surface area contributed by atoms with Crippen molar-refractivity contribution in [2.24, 2.45) is 5.41 Å². The van der Waals surface area contributed by atoms with Gasteiger partial charge in [0.1, 0.15) is 0 Å². The zero-order chi connectivity index (χ0) is 12.3. The molecule has 1 nitrogen and oxygen atoms in total. The van der Waals surface area contributed by atoms with E-state index in [1.807, 2.05) is 11.3 Å². The van der Waals surface area contributed by atoms with Crippen LogP contribution >= 0.6 is 27.3 Å². The van der Waals surface area contributed by atoms with Gasteiger partial charge < -0.3 is 5.32 Å². The van der Waals surface area contributed by atoms with Gasteiger partial charge in [-0.15, -0.1) is 11.3 Å². The Morgan fingerprint density at radius 3 is 2.65 bits per heavy atom. The summed E-state index contributed by atoms with van der Waals surface area (Å²) >= 11 is 5.43. The van der Waals surface area contributed by atoms with Crippen LogP contribution in [0.4, 0.5) is 0 Å². The van der Waals surface area contributed by atoms with Crippen molar-refractivity contribution in [3.05, 3.63) is 20.8 Å². The quantitative estimate of drug-likeness (QED) is 0.836. The van der Waals surface area contributed by atoms with Crippen molar-refractivity contribution in [2.75, 3.05) is 6.54 Å². The first-order valence-electron chi connectivity index (χ1n) is 6.61. The van der Waals surface area contributed by atoms with Crippen molar-refractivity contribution < 1.29 is 0 Å². The molecule has 1 aromatic rings. The number of halogens is 1. The van der Waals surface area contributed by atoms with Gasteiger partial charge in [0.25, 0.3) is 0 Å². The van der Waals surface area contributed by atoms with Crippen LogP contribution in [0.1, 0.15) is 44.4 Å². The third-order valence-corrected chi connectivity index (χ3v) is 5.72. The molecular formula is C14H22BrNS. The summed E-state index contributed by atoms with van der Waals surface area (Å²) in [7, 11) is 0. The molecule has 2 rings (SSSR count). The number of likely N-dealkylation sites (N-methyl/N-ethyl adjacent to an activating group) is 1. The van der Waals surface area contributed by atoms with Gasteiger partial charge in [-0.1, -0.05) is 26.7 Å². The van der Waals surface area contributed by atoms with E-state index in [1.165, 1.54) is 40.8 Å². The van der Waals surface area contributed by atoms with Gasteiger partial charge in [0.2, 0.25) is 0 Å². The van der Waals surface area contributed by atoms with Crippen LogP contribution in [0.25, 0.3) is 0 Å². The maximum Gasteiger partial charge on any atom is 0.0701 e. The topological polar surface area (TPSA) is 12.0 Å². The maximum absolute atomic E-state index is 3.71. The van der Waals surface area contributed by atoms with Crippen LogP contribution in [-0.2, 0) is 6.42 Å². The summed E-state index contributed by atoms with van der Waals surface area (Å²) < 4.78 is 1.25. The van der Waals surface area contributed by atoms with E-state index in [-0.39, 0.29) is 0 Å².